The first-order chi connectivity index (χ1) is 7.18. The van der Waals surface area contributed by atoms with E-state index in [0.29, 0.717) is 5.13 Å². The molecule has 0 saturated heterocycles. The van der Waals surface area contributed by atoms with Gasteiger partial charge in [0, 0.05) is 23.5 Å². The standard InChI is InChI=1S/C8H16N4O2S2/c1-8(2,3)6-11-7(15-12-6)10-4-5-16(9,13)14/h4-5H2,1-3H3,(H2,9,13,14)(H,10,11,12). The minimum atomic E-state index is -3.42. The van der Waals surface area contributed by atoms with Gasteiger partial charge in [-0.3, -0.25) is 0 Å². The molecule has 0 fully saturated rings. The van der Waals surface area contributed by atoms with Gasteiger partial charge >= 0.3 is 0 Å². The minimum absolute atomic E-state index is 0.101. The van der Waals surface area contributed by atoms with Gasteiger partial charge in [0.25, 0.3) is 0 Å². The van der Waals surface area contributed by atoms with Crippen LogP contribution in [-0.4, -0.2) is 30.1 Å². The van der Waals surface area contributed by atoms with Crippen molar-refractivity contribution >= 4 is 26.7 Å². The largest absolute Gasteiger partial charge is 0.359 e. The smallest absolute Gasteiger partial charge is 0.210 e. The highest BCUT2D eigenvalue weighted by Gasteiger charge is 2.19. The zero-order chi connectivity index (χ0) is 12.4. The monoisotopic (exact) mass is 264 g/mol. The highest BCUT2D eigenvalue weighted by Crippen LogP contribution is 2.22. The Morgan fingerprint density at radius 2 is 2.06 bits per heavy atom. The Morgan fingerprint density at radius 3 is 2.50 bits per heavy atom. The van der Waals surface area contributed by atoms with E-state index in [2.05, 4.69) is 14.7 Å². The number of sulfonamides is 1. The van der Waals surface area contributed by atoms with Gasteiger partial charge < -0.3 is 5.32 Å². The van der Waals surface area contributed by atoms with Crippen molar-refractivity contribution in [1.82, 2.24) is 9.36 Å². The van der Waals surface area contributed by atoms with Gasteiger partial charge in [0.1, 0.15) is 5.82 Å². The summed E-state index contributed by atoms with van der Waals surface area (Å²) in [6, 6.07) is 0. The number of hydrogen-bond donors (Lipinski definition) is 2. The van der Waals surface area contributed by atoms with Crippen molar-refractivity contribution < 1.29 is 8.42 Å². The van der Waals surface area contributed by atoms with Crippen molar-refractivity contribution in [2.75, 3.05) is 17.6 Å². The molecule has 92 valence electrons. The van der Waals surface area contributed by atoms with Crippen LogP contribution >= 0.6 is 11.5 Å². The second-order valence-electron chi connectivity index (χ2n) is 4.47. The Morgan fingerprint density at radius 1 is 1.44 bits per heavy atom. The number of nitrogens with one attached hydrogen (secondary N) is 1. The van der Waals surface area contributed by atoms with Crippen LogP contribution in [0.15, 0.2) is 0 Å². The number of hydrogen-bond acceptors (Lipinski definition) is 6. The maximum atomic E-state index is 10.7. The van der Waals surface area contributed by atoms with Crippen LogP contribution < -0.4 is 10.5 Å². The van der Waals surface area contributed by atoms with Crippen molar-refractivity contribution in [3.8, 4) is 0 Å². The van der Waals surface area contributed by atoms with Gasteiger partial charge in [-0.2, -0.15) is 4.37 Å². The quantitative estimate of drug-likeness (QED) is 0.827. The zero-order valence-corrected chi connectivity index (χ0v) is 11.2. The van der Waals surface area contributed by atoms with Gasteiger partial charge in [0.2, 0.25) is 15.2 Å². The molecular formula is C8H16N4O2S2. The molecule has 1 aromatic heterocycles. The van der Waals surface area contributed by atoms with E-state index in [-0.39, 0.29) is 17.7 Å². The fourth-order valence-electron chi connectivity index (χ4n) is 0.900. The summed E-state index contributed by atoms with van der Waals surface area (Å²) >= 11 is 1.22. The van der Waals surface area contributed by atoms with Crippen LogP contribution in [0.4, 0.5) is 5.13 Å². The summed E-state index contributed by atoms with van der Waals surface area (Å²) in [5.74, 6) is 0.632. The lowest BCUT2D eigenvalue weighted by atomic mass is 9.96. The molecular weight excluding hydrogens is 248 g/mol. The number of primary sulfonamides is 1. The topological polar surface area (TPSA) is 98.0 Å². The van der Waals surface area contributed by atoms with Crippen LogP contribution in [0.2, 0.25) is 0 Å². The number of nitrogens with zero attached hydrogens (tertiary/aromatic N) is 2. The lowest BCUT2D eigenvalue weighted by Gasteiger charge is -2.12. The number of aromatic nitrogens is 2. The van der Waals surface area contributed by atoms with E-state index in [0.717, 1.165) is 5.82 Å². The summed E-state index contributed by atoms with van der Waals surface area (Å²) < 4.78 is 25.6. The molecule has 0 radical (unpaired) electrons. The molecule has 0 atom stereocenters. The zero-order valence-electron chi connectivity index (χ0n) is 9.52. The summed E-state index contributed by atoms with van der Waals surface area (Å²) in [6.07, 6.45) is 0. The molecule has 3 N–H and O–H groups in total. The fourth-order valence-corrected chi connectivity index (χ4v) is 2.07. The normalized spacial score (nSPS) is 12.8. The second-order valence-corrected chi connectivity index (χ2v) is 6.95. The van der Waals surface area contributed by atoms with Crippen LogP contribution in [0.3, 0.4) is 0 Å². The molecule has 0 amide bonds. The van der Waals surface area contributed by atoms with Crippen LogP contribution in [-0.2, 0) is 15.4 Å². The second kappa shape index (κ2) is 4.64. The molecule has 0 unspecified atom stereocenters. The average Bonchev–Trinajstić information content (AvgIpc) is 2.49. The molecule has 0 saturated carbocycles. The van der Waals surface area contributed by atoms with E-state index >= 15 is 0 Å². The van der Waals surface area contributed by atoms with Gasteiger partial charge in [0.15, 0.2) is 0 Å². The van der Waals surface area contributed by atoms with Crippen molar-refractivity contribution in [2.24, 2.45) is 5.14 Å². The third-order valence-corrected chi connectivity index (χ3v) is 3.21. The number of rotatable bonds is 4. The van der Waals surface area contributed by atoms with E-state index in [9.17, 15) is 8.42 Å². The lowest BCUT2D eigenvalue weighted by Crippen LogP contribution is -2.22. The Balaban J connectivity index is 2.54. The van der Waals surface area contributed by atoms with Crippen LogP contribution in [0.25, 0.3) is 0 Å². The van der Waals surface area contributed by atoms with Gasteiger partial charge in [0.05, 0.1) is 5.75 Å². The van der Waals surface area contributed by atoms with Crippen molar-refractivity contribution in [3.63, 3.8) is 0 Å². The van der Waals surface area contributed by atoms with Gasteiger partial charge in [-0.25, -0.2) is 18.5 Å². The Kier molecular flexibility index (Phi) is 3.87. The highest BCUT2D eigenvalue weighted by molar-refractivity contribution is 7.89. The van der Waals surface area contributed by atoms with Gasteiger partial charge in [-0.05, 0) is 0 Å². The fraction of sp³-hybridized carbons (Fsp3) is 0.750. The van der Waals surface area contributed by atoms with E-state index in [1.165, 1.54) is 11.5 Å². The lowest BCUT2D eigenvalue weighted by molar-refractivity contribution is 0.555. The molecule has 0 spiro atoms. The molecule has 1 aromatic rings. The Labute approximate surface area is 99.5 Å². The van der Waals surface area contributed by atoms with Crippen molar-refractivity contribution in [2.45, 2.75) is 26.2 Å². The summed E-state index contributed by atoms with van der Waals surface area (Å²) in [6.45, 7) is 6.30. The maximum absolute atomic E-state index is 10.7. The van der Waals surface area contributed by atoms with E-state index in [1.807, 2.05) is 20.8 Å². The molecule has 0 bridgehead atoms. The van der Waals surface area contributed by atoms with Crippen molar-refractivity contribution in [3.05, 3.63) is 5.82 Å². The Bertz CT molecular complexity index is 447. The molecule has 8 heteroatoms. The number of nitrogens with two attached hydrogens (primary N) is 1. The number of anilines is 1. The first-order valence-electron chi connectivity index (χ1n) is 4.77. The third-order valence-electron chi connectivity index (χ3n) is 1.76. The van der Waals surface area contributed by atoms with Gasteiger partial charge in [-0.1, -0.05) is 20.8 Å². The summed E-state index contributed by atoms with van der Waals surface area (Å²) in [5.41, 5.74) is -0.101. The highest BCUT2D eigenvalue weighted by atomic mass is 32.2. The molecule has 6 nitrogen and oxygen atoms in total. The third kappa shape index (κ3) is 4.42. The molecule has 0 aliphatic carbocycles. The molecule has 1 rings (SSSR count). The Hall–Kier alpha value is -0.730. The van der Waals surface area contributed by atoms with E-state index in [4.69, 9.17) is 5.14 Å². The van der Waals surface area contributed by atoms with Crippen molar-refractivity contribution in [1.29, 1.82) is 0 Å². The van der Waals surface area contributed by atoms with Crippen LogP contribution in [0, 0.1) is 0 Å². The minimum Gasteiger partial charge on any atom is -0.359 e. The maximum Gasteiger partial charge on any atom is 0.210 e. The summed E-state index contributed by atoms with van der Waals surface area (Å²) in [5, 5.41) is 8.37. The van der Waals surface area contributed by atoms with Crippen LogP contribution in [0.1, 0.15) is 26.6 Å². The summed E-state index contributed by atoms with van der Waals surface area (Å²) in [7, 11) is -3.42. The van der Waals surface area contributed by atoms with E-state index < -0.39 is 10.0 Å². The molecule has 1 heterocycles. The SMILES string of the molecule is CC(C)(C)c1nsc(NCCS(N)(=O)=O)n1. The molecule has 16 heavy (non-hydrogen) atoms. The molecule has 0 aliphatic heterocycles. The average molecular weight is 264 g/mol. The predicted octanol–water partition coefficient (Wildman–Crippen LogP) is 0.536. The first kappa shape index (κ1) is 13.3. The first-order valence-corrected chi connectivity index (χ1v) is 7.26. The van der Waals surface area contributed by atoms with Gasteiger partial charge in [-0.15, -0.1) is 0 Å². The molecule has 0 aliphatic rings. The molecule has 0 aromatic carbocycles. The van der Waals surface area contributed by atoms with E-state index in [1.54, 1.807) is 0 Å². The van der Waals surface area contributed by atoms with Crippen LogP contribution in [0.5, 0.6) is 0 Å². The predicted molar refractivity (Wildman–Crippen MR) is 65.1 cm³/mol. The summed E-state index contributed by atoms with van der Waals surface area (Å²) in [4.78, 5) is 4.26.